The molecule has 108 valence electrons. The zero-order valence-corrected chi connectivity index (χ0v) is 10.1. The van der Waals surface area contributed by atoms with Crippen molar-refractivity contribution in [1.82, 2.24) is 9.55 Å². The van der Waals surface area contributed by atoms with Crippen molar-refractivity contribution in [1.29, 1.82) is 0 Å². The smallest absolute Gasteiger partial charge is 0.373 e. The summed E-state index contributed by atoms with van der Waals surface area (Å²) >= 11 is 0. The topological polar surface area (TPSA) is 29.9 Å². The molecule has 0 unspecified atom stereocenters. The Hall–Kier alpha value is -2.12. The van der Waals surface area contributed by atoms with E-state index in [2.05, 4.69) is 10.3 Å². The molecular formula is C12H10F5N3. The first-order chi connectivity index (χ1) is 9.37. The highest BCUT2D eigenvalue weighted by molar-refractivity contribution is 5.46. The molecule has 1 aromatic carbocycles. The standard InChI is InChI=1S/C12H10F5N3/c13-8-2-1-3-9(14)11(8)19-6-10-18-4-5-20(10)7-12(15,16)17/h1-5,19H,6-7H2. The molecule has 0 amide bonds. The fourth-order valence-electron chi connectivity index (χ4n) is 1.68. The molecule has 2 aromatic rings. The van der Waals surface area contributed by atoms with Gasteiger partial charge >= 0.3 is 6.18 Å². The Labute approximate surface area is 111 Å². The molecule has 20 heavy (non-hydrogen) atoms. The quantitative estimate of drug-likeness (QED) is 0.876. The summed E-state index contributed by atoms with van der Waals surface area (Å²) in [6.07, 6.45) is -2.04. The number of para-hydroxylation sites is 1. The van der Waals surface area contributed by atoms with E-state index in [0.717, 1.165) is 22.9 Å². The molecule has 1 N–H and O–H groups in total. The van der Waals surface area contributed by atoms with Gasteiger partial charge in [0, 0.05) is 12.4 Å². The number of nitrogens with zero attached hydrogens (tertiary/aromatic N) is 2. The fraction of sp³-hybridized carbons (Fsp3) is 0.250. The van der Waals surface area contributed by atoms with Crippen molar-refractivity contribution in [3.8, 4) is 0 Å². The third-order valence-corrected chi connectivity index (χ3v) is 2.54. The lowest BCUT2D eigenvalue weighted by Gasteiger charge is -2.12. The summed E-state index contributed by atoms with van der Waals surface area (Å²) in [7, 11) is 0. The van der Waals surface area contributed by atoms with Crippen molar-refractivity contribution in [3.63, 3.8) is 0 Å². The first kappa shape index (κ1) is 14.3. The molecule has 0 bridgehead atoms. The van der Waals surface area contributed by atoms with Crippen molar-refractivity contribution < 1.29 is 22.0 Å². The van der Waals surface area contributed by atoms with Gasteiger partial charge in [-0.3, -0.25) is 0 Å². The Morgan fingerprint density at radius 1 is 1.15 bits per heavy atom. The number of hydrogen-bond donors (Lipinski definition) is 1. The van der Waals surface area contributed by atoms with E-state index in [-0.39, 0.29) is 12.4 Å². The van der Waals surface area contributed by atoms with E-state index >= 15 is 0 Å². The number of anilines is 1. The zero-order chi connectivity index (χ0) is 14.8. The molecule has 2 rings (SSSR count). The molecule has 1 heterocycles. The molecule has 0 aliphatic rings. The fourth-order valence-corrected chi connectivity index (χ4v) is 1.68. The average molecular weight is 291 g/mol. The van der Waals surface area contributed by atoms with Gasteiger partial charge in [0.05, 0.1) is 6.54 Å². The number of nitrogens with one attached hydrogen (secondary N) is 1. The maximum atomic E-state index is 13.3. The zero-order valence-electron chi connectivity index (χ0n) is 10.1. The van der Waals surface area contributed by atoms with E-state index in [9.17, 15) is 22.0 Å². The van der Waals surface area contributed by atoms with Crippen LogP contribution in [0.5, 0.6) is 0 Å². The molecule has 0 aliphatic carbocycles. The van der Waals surface area contributed by atoms with Crippen LogP contribution in [-0.4, -0.2) is 15.7 Å². The van der Waals surface area contributed by atoms with Crippen LogP contribution in [-0.2, 0) is 13.1 Å². The van der Waals surface area contributed by atoms with Crippen LogP contribution < -0.4 is 5.32 Å². The van der Waals surface area contributed by atoms with E-state index < -0.39 is 30.0 Å². The molecule has 0 atom stereocenters. The van der Waals surface area contributed by atoms with Crippen molar-refractivity contribution >= 4 is 5.69 Å². The van der Waals surface area contributed by atoms with Gasteiger partial charge in [0.15, 0.2) is 0 Å². The third-order valence-electron chi connectivity index (χ3n) is 2.54. The number of benzene rings is 1. The Morgan fingerprint density at radius 2 is 1.80 bits per heavy atom. The van der Waals surface area contributed by atoms with Crippen LogP contribution in [0.3, 0.4) is 0 Å². The molecule has 0 fully saturated rings. The van der Waals surface area contributed by atoms with Gasteiger partial charge in [-0.15, -0.1) is 0 Å². The van der Waals surface area contributed by atoms with Gasteiger partial charge in [0.1, 0.15) is 29.7 Å². The molecular weight excluding hydrogens is 281 g/mol. The summed E-state index contributed by atoms with van der Waals surface area (Å²) in [4.78, 5) is 3.73. The number of aromatic nitrogens is 2. The van der Waals surface area contributed by atoms with Crippen LogP contribution in [0.4, 0.5) is 27.6 Å². The van der Waals surface area contributed by atoms with Gasteiger partial charge in [0.25, 0.3) is 0 Å². The van der Waals surface area contributed by atoms with Gasteiger partial charge in [-0.1, -0.05) is 6.07 Å². The Bertz CT molecular complexity index is 571. The van der Waals surface area contributed by atoms with E-state index in [0.29, 0.717) is 0 Å². The predicted molar refractivity (Wildman–Crippen MR) is 62.0 cm³/mol. The lowest BCUT2D eigenvalue weighted by Crippen LogP contribution is -2.20. The molecule has 0 saturated carbocycles. The van der Waals surface area contributed by atoms with Gasteiger partial charge < -0.3 is 9.88 Å². The average Bonchev–Trinajstić information content (AvgIpc) is 2.73. The van der Waals surface area contributed by atoms with Gasteiger partial charge in [-0.25, -0.2) is 13.8 Å². The summed E-state index contributed by atoms with van der Waals surface area (Å²) in [6.45, 7) is -1.43. The molecule has 8 heteroatoms. The van der Waals surface area contributed by atoms with Gasteiger partial charge in [-0.05, 0) is 12.1 Å². The Balaban J connectivity index is 2.10. The highest BCUT2D eigenvalue weighted by Crippen LogP contribution is 2.20. The third kappa shape index (κ3) is 3.46. The van der Waals surface area contributed by atoms with Gasteiger partial charge in [-0.2, -0.15) is 13.2 Å². The monoisotopic (exact) mass is 291 g/mol. The van der Waals surface area contributed by atoms with E-state index in [1.54, 1.807) is 0 Å². The number of alkyl halides is 3. The highest BCUT2D eigenvalue weighted by Gasteiger charge is 2.28. The summed E-state index contributed by atoms with van der Waals surface area (Å²) in [5.41, 5.74) is -0.394. The summed E-state index contributed by atoms with van der Waals surface area (Å²) in [5, 5.41) is 2.41. The predicted octanol–water partition coefficient (Wildman–Crippen LogP) is 3.34. The molecule has 0 radical (unpaired) electrons. The van der Waals surface area contributed by atoms with E-state index in [1.165, 1.54) is 12.3 Å². The second-order valence-electron chi connectivity index (χ2n) is 4.04. The molecule has 0 spiro atoms. The van der Waals surface area contributed by atoms with Crippen LogP contribution >= 0.6 is 0 Å². The molecule has 3 nitrogen and oxygen atoms in total. The number of rotatable bonds is 4. The van der Waals surface area contributed by atoms with Crippen molar-refractivity contribution in [2.75, 3.05) is 5.32 Å². The summed E-state index contributed by atoms with van der Waals surface area (Å²) in [5.74, 6) is -1.61. The van der Waals surface area contributed by atoms with Gasteiger partial charge in [0.2, 0.25) is 0 Å². The largest absolute Gasteiger partial charge is 0.406 e. The second-order valence-corrected chi connectivity index (χ2v) is 4.04. The van der Waals surface area contributed by atoms with E-state index in [4.69, 9.17) is 0 Å². The minimum Gasteiger partial charge on any atom is -0.373 e. The lowest BCUT2D eigenvalue weighted by atomic mass is 10.3. The first-order valence-corrected chi connectivity index (χ1v) is 5.61. The highest BCUT2D eigenvalue weighted by atomic mass is 19.4. The molecule has 0 saturated heterocycles. The first-order valence-electron chi connectivity index (χ1n) is 5.61. The summed E-state index contributed by atoms with van der Waals surface area (Å²) < 4.78 is 64.5. The maximum absolute atomic E-state index is 13.3. The Morgan fingerprint density at radius 3 is 2.40 bits per heavy atom. The number of imidazole rings is 1. The second kappa shape index (κ2) is 5.48. The van der Waals surface area contributed by atoms with E-state index in [1.807, 2.05) is 0 Å². The minimum absolute atomic E-state index is 0.0324. The molecule has 0 aliphatic heterocycles. The van der Waals surface area contributed by atoms with Crippen LogP contribution in [0.15, 0.2) is 30.6 Å². The summed E-state index contributed by atoms with van der Waals surface area (Å²) in [6, 6.07) is 3.29. The lowest BCUT2D eigenvalue weighted by molar-refractivity contribution is -0.141. The van der Waals surface area contributed by atoms with Crippen LogP contribution in [0.25, 0.3) is 0 Å². The van der Waals surface area contributed by atoms with Crippen LogP contribution in [0.2, 0.25) is 0 Å². The van der Waals surface area contributed by atoms with Crippen molar-refractivity contribution in [3.05, 3.63) is 48.1 Å². The number of hydrogen-bond acceptors (Lipinski definition) is 2. The molecule has 1 aromatic heterocycles. The van der Waals surface area contributed by atoms with Crippen LogP contribution in [0, 0.1) is 11.6 Å². The maximum Gasteiger partial charge on any atom is 0.406 e. The van der Waals surface area contributed by atoms with Crippen molar-refractivity contribution in [2.24, 2.45) is 0 Å². The SMILES string of the molecule is Fc1cccc(F)c1NCc1nccn1CC(F)(F)F. The van der Waals surface area contributed by atoms with Crippen molar-refractivity contribution in [2.45, 2.75) is 19.3 Å². The minimum atomic E-state index is -4.39. The normalized spacial score (nSPS) is 11.7. The number of halogens is 5. The Kier molecular flexibility index (Phi) is 3.91. The van der Waals surface area contributed by atoms with Crippen LogP contribution in [0.1, 0.15) is 5.82 Å².